The van der Waals surface area contributed by atoms with Crippen LogP contribution in [-0.2, 0) is 23.7 Å². The SMILES string of the molecule is OC[C@H]1O[C@@H](O[C@H]2[C@H](O)[C@@H](CO)OC(O)[C@@H]2O[C@@H]2O[C@H](CO)[C@@H](O)[C@H](O)[C@H]2O)[C@H](O)[C@@H](O)[C@H]1O. The number of ether oxygens (including phenoxy) is 5. The number of aliphatic hydroxyl groups excluding tert-OH is 11. The van der Waals surface area contributed by atoms with Crippen molar-refractivity contribution in [1.82, 2.24) is 0 Å². The Labute approximate surface area is 192 Å². The molecule has 15 atom stereocenters. The molecule has 3 saturated heterocycles. The van der Waals surface area contributed by atoms with E-state index in [1.54, 1.807) is 0 Å². The van der Waals surface area contributed by atoms with Gasteiger partial charge in [-0.2, -0.15) is 0 Å². The molecule has 3 heterocycles. The fourth-order valence-corrected chi connectivity index (χ4v) is 4.03. The van der Waals surface area contributed by atoms with Gasteiger partial charge < -0.3 is 79.9 Å². The maximum absolute atomic E-state index is 10.6. The highest BCUT2D eigenvalue weighted by atomic mass is 16.8. The topological polar surface area (TPSA) is 269 Å². The van der Waals surface area contributed by atoms with Crippen molar-refractivity contribution in [3.63, 3.8) is 0 Å². The van der Waals surface area contributed by atoms with Crippen molar-refractivity contribution in [3.8, 4) is 0 Å². The molecule has 16 heteroatoms. The standard InChI is InChI=1S/C18H32O16/c19-1-4-7(22)10(25)12(27)17(31-4)33-14-9(24)6(3-21)30-16(29)15(14)34-18-13(28)11(26)8(23)5(2-20)32-18/h4-29H,1-3H2/t4-,5-,6-,7+,8-,9-,10+,11+,12-,13-,14+,15-,16?,17+,18+/m1/s1. The summed E-state index contributed by atoms with van der Waals surface area (Å²) in [5, 5.41) is 109. The Balaban J connectivity index is 1.83. The van der Waals surface area contributed by atoms with Crippen LogP contribution in [-0.4, -0.2) is 168 Å². The third-order valence-corrected chi connectivity index (χ3v) is 6.10. The van der Waals surface area contributed by atoms with Crippen molar-refractivity contribution in [2.75, 3.05) is 19.8 Å². The molecule has 0 aliphatic carbocycles. The average Bonchev–Trinajstić information content (AvgIpc) is 2.83. The van der Waals surface area contributed by atoms with Crippen LogP contribution in [0.3, 0.4) is 0 Å². The molecule has 0 spiro atoms. The summed E-state index contributed by atoms with van der Waals surface area (Å²) in [6.07, 6.45) is -25.6. The normalized spacial score (nSPS) is 52.5. The number of hydrogen-bond acceptors (Lipinski definition) is 16. The maximum Gasteiger partial charge on any atom is 0.187 e. The molecule has 3 rings (SSSR count). The Bertz CT molecular complexity index is 637. The highest BCUT2D eigenvalue weighted by molar-refractivity contribution is 4.96. The Morgan fingerprint density at radius 3 is 1.24 bits per heavy atom. The monoisotopic (exact) mass is 504 g/mol. The minimum Gasteiger partial charge on any atom is -0.394 e. The van der Waals surface area contributed by atoms with Gasteiger partial charge in [-0.15, -0.1) is 0 Å². The zero-order valence-corrected chi connectivity index (χ0v) is 17.7. The van der Waals surface area contributed by atoms with Crippen LogP contribution in [0.2, 0.25) is 0 Å². The first-order valence-corrected chi connectivity index (χ1v) is 10.6. The molecule has 0 aromatic rings. The van der Waals surface area contributed by atoms with Gasteiger partial charge in [0.05, 0.1) is 19.8 Å². The van der Waals surface area contributed by atoms with Gasteiger partial charge in [0.25, 0.3) is 0 Å². The van der Waals surface area contributed by atoms with Gasteiger partial charge in [0.2, 0.25) is 0 Å². The molecule has 200 valence electrons. The van der Waals surface area contributed by atoms with Gasteiger partial charge >= 0.3 is 0 Å². The molecule has 3 aliphatic rings. The van der Waals surface area contributed by atoms with E-state index >= 15 is 0 Å². The first-order chi connectivity index (χ1) is 16.0. The summed E-state index contributed by atoms with van der Waals surface area (Å²) in [5.74, 6) is 0. The first-order valence-electron chi connectivity index (χ1n) is 10.6. The van der Waals surface area contributed by atoms with Crippen molar-refractivity contribution in [2.24, 2.45) is 0 Å². The van der Waals surface area contributed by atoms with Crippen molar-refractivity contribution >= 4 is 0 Å². The Morgan fingerprint density at radius 1 is 0.441 bits per heavy atom. The summed E-state index contributed by atoms with van der Waals surface area (Å²) in [4.78, 5) is 0. The number of aliphatic hydroxyl groups is 11. The second-order valence-electron chi connectivity index (χ2n) is 8.33. The third-order valence-electron chi connectivity index (χ3n) is 6.10. The second-order valence-corrected chi connectivity index (χ2v) is 8.33. The fourth-order valence-electron chi connectivity index (χ4n) is 4.03. The Hall–Kier alpha value is -0.640. The van der Waals surface area contributed by atoms with E-state index in [1.807, 2.05) is 0 Å². The van der Waals surface area contributed by atoms with Gasteiger partial charge in [-0.25, -0.2) is 0 Å². The maximum atomic E-state index is 10.6. The molecular formula is C18H32O16. The van der Waals surface area contributed by atoms with Crippen LogP contribution in [0.25, 0.3) is 0 Å². The molecule has 34 heavy (non-hydrogen) atoms. The molecule has 3 aliphatic heterocycles. The summed E-state index contributed by atoms with van der Waals surface area (Å²) < 4.78 is 26.5. The summed E-state index contributed by atoms with van der Waals surface area (Å²) in [7, 11) is 0. The molecule has 0 aromatic heterocycles. The first kappa shape index (κ1) is 27.9. The van der Waals surface area contributed by atoms with E-state index in [1.165, 1.54) is 0 Å². The average molecular weight is 504 g/mol. The summed E-state index contributed by atoms with van der Waals surface area (Å²) >= 11 is 0. The number of hydrogen-bond donors (Lipinski definition) is 11. The fraction of sp³-hybridized carbons (Fsp3) is 1.00. The quantitative estimate of drug-likeness (QED) is 0.154. The highest BCUT2D eigenvalue weighted by Crippen LogP contribution is 2.32. The molecule has 11 N–H and O–H groups in total. The van der Waals surface area contributed by atoms with Crippen LogP contribution >= 0.6 is 0 Å². The van der Waals surface area contributed by atoms with E-state index in [-0.39, 0.29) is 0 Å². The van der Waals surface area contributed by atoms with E-state index in [2.05, 4.69) is 0 Å². The predicted octanol–water partition coefficient (Wildman–Crippen LogP) is -7.57. The van der Waals surface area contributed by atoms with Crippen molar-refractivity contribution < 1.29 is 79.9 Å². The Kier molecular flexibility index (Phi) is 9.54. The van der Waals surface area contributed by atoms with Crippen LogP contribution in [0, 0.1) is 0 Å². The Morgan fingerprint density at radius 2 is 0.824 bits per heavy atom. The summed E-state index contributed by atoms with van der Waals surface area (Å²) in [6.45, 7) is -2.33. The van der Waals surface area contributed by atoms with Gasteiger partial charge in [-0.3, -0.25) is 0 Å². The van der Waals surface area contributed by atoms with Crippen LogP contribution in [0.5, 0.6) is 0 Å². The second kappa shape index (κ2) is 11.6. The minimum atomic E-state index is -1.94. The number of rotatable bonds is 7. The zero-order chi connectivity index (χ0) is 25.3. The third kappa shape index (κ3) is 5.37. The molecular weight excluding hydrogens is 472 g/mol. The van der Waals surface area contributed by atoms with E-state index in [0.29, 0.717) is 0 Å². The molecule has 0 bridgehead atoms. The minimum absolute atomic E-state index is 0.769. The van der Waals surface area contributed by atoms with Crippen molar-refractivity contribution in [3.05, 3.63) is 0 Å². The van der Waals surface area contributed by atoms with Gasteiger partial charge in [-0.05, 0) is 0 Å². The summed E-state index contributed by atoms with van der Waals surface area (Å²) in [6, 6.07) is 0. The lowest BCUT2D eigenvalue weighted by Gasteiger charge is -2.48. The van der Waals surface area contributed by atoms with E-state index in [9.17, 15) is 56.2 Å². The molecule has 0 amide bonds. The van der Waals surface area contributed by atoms with E-state index in [4.69, 9.17) is 23.7 Å². The van der Waals surface area contributed by atoms with Crippen LogP contribution in [0.4, 0.5) is 0 Å². The lowest BCUT2D eigenvalue weighted by molar-refractivity contribution is -0.387. The zero-order valence-electron chi connectivity index (χ0n) is 17.7. The van der Waals surface area contributed by atoms with Gasteiger partial charge in [0.15, 0.2) is 18.9 Å². The van der Waals surface area contributed by atoms with Crippen LogP contribution in [0.15, 0.2) is 0 Å². The van der Waals surface area contributed by atoms with E-state index < -0.39 is 112 Å². The predicted molar refractivity (Wildman–Crippen MR) is 101 cm³/mol. The van der Waals surface area contributed by atoms with Gasteiger partial charge in [0.1, 0.15) is 73.2 Å². The molecule has 16 nitrogen and oxygen atoms in total. The molecule has 3 fully saturated rings. The van der Waals surface area contributed by atoms with Gasteiger partial charge in [0, 0.05) is 0 Å². The largest absolute Gasteiger partial charge is 0.394 e. The highest BCUT2D eigenvalue weighted by Gasteiger charge is 2.53. The van der Waals surface area contributed by atoms with E-state index in [0.717, 1.165) is 0 Å². The van der Waals surface area contributed by atoms with Crippen LogP contribution < -0.4 is 0 Å². The van der Waals surface area contributed by atoms with Gasteiger partial charge in [-0.1, -0.05) is 0 Å². The van der Waals surface area contributed by atoms with Crippen molar-refractivity contribution in [2.45, 2.75) is 92.1 Å². The smallest absolute Gasteiger partial charge is 0.187 e. The lowest BCUT2D eigenvalue weighted by atomic mass is 9.96. The molecule has 0 radical (unpaired) electrons. The summed E-state index contributed by atoms with van der Waals surface area (Å²) in [5.41, 5.74) is 0. The molecule has 1 unspecified atom stereocenters. The molecule has 0 aromatic carbocycles. The van der Waals surface area contributed by atoms with Crippen LogP contribution in [0.1, 0.15) is 0 Å². The lowest BCUT2D eigenvalue weighted by Crippen LogP contribution is -2.67. The van der Waals surface area contributed by atoms with Crippen molar-refractivity contribution in [1.29, 1.82) is 0 Å². The molecule has 0 saturated carbocycles.